The van der Waals surface area contributed by atoms with E-state index in [2.05, 4.69) is 252 Å². The zero-order chi connectivity index (χ0) is 42.2. The van der Waals surface area contributed by atoms with Crippen LogP contribution in [0.5, 0.6) is 0 Å². The molecular formula is C61H43N3. The van der Waals surface area contributed by atoms with Crippen LogP contribution in [0.25, 0.3) is 49.5 Å². The first kappa shape index (κ1) is 36.7. The zero-order valence-corrected chi connectivity index (χ0v) is 35.1. The molecule has 64 heavy (non-hydrogen) atoms. The lowest BCUT2D eigenvalue weighted by atomic mass is 9.63. The molecule has 10 aromatic rings. The number of nitrogens with one attached hydrogen (secondary N) is 2. The SMILES string of the molecule is C1=C(c2cccc(-c3ccc4c(c3)-c3ccccc3C43c4ccc5ccccc5c4N(c4ccccc4)c4c3ccc3ccccc43)c2)NC(c2ccccc2)NC1c1ccccc1. The standard InChI is InChI=1S/C61H43N3/c1-4-19-42(20-5-1)56-39-57(63-60(62-56)43-21-6-2-7-22-43)46-24-16-23-44(37-46)45-33-34-53-51(38-45)50-29-14-15-30-52(50)61(53)54-35-31-40-17-10-12-27-48(40)58(54)64(47-25-8-3-9-26-47)59-49-28-13-11-18-41(49)32-36-55(59)61/h1-39,56,60,62-63H. The molecule has 0 fully saturated rings. The van der Waals surface area contributed by atoms with E-state index >= 15 is 0 Å². The topological polar surface area (TPSA) is 27.3 Å². The monoisotopic (exact) mass is 817 g/mol. The average molecular weight is 818 g/mol. The summed E-state index contributed by atoms with van der Waals surface area (Å²) in [7, 11) is 0. The Bertz CT molecular complexity index is 3380. The summed E-state index contributed by atoms with van der Waals surface area (Å²) in [4.78, 5) is 2.55. The minimum absolute atomic E-state index is 0.0453. The van der Waals surface area contributed by atoms with E-state index in [1.165, 1.54) is 88.6 Å². The van der Waals surface area contributed by atoms with Crippen LogP contribution in [0.15, 0.2) is 237 Å². The summed E-state index contributed by atoms with van der Waals surface area (Å²) < 4.78 is 0. The van der Waals surface area contributed by atoms with Crippen LogP contribution < -0.4 is 15.5 Å². The molecule has 0 aromatic heterocycles. The van der Waals surface area contributed by atoms with Crippen molar-refractivity contribution in [2.75, 3.05) is 4.90 Å². The predicted octanol–water partition coefficient (Wildman–Crippen LogP) is 14.8. The number of para-hydroxylation sites is 1. The number of rotatable bonds is 5. The van der Waals surface area contributed by atoms with Gasteiger partial charge in [-0.3, -0.25) is 5.32 Å². The van der Waals surface area contributed by atoms with Gasteiger partial charge < -0.3 is 10.2 Å². The first-order chi connectivity index (χ1) is 31.7. The molecule has 10 aromatic carbocycles. The highest BCUT2D eigenvalue weighted by molar-refractivity contribution is 6.12. The van der Waals surface area contributed by atoms with Crippen molar-refractivity contribution in [1.29, 1.82) is 0 Å². The molecule has 2 unspecified atom stereocenters. The second kappa shape index (κ2) is 14.6. The Kier molecular flexibility index (Phi) is 8.34. The molecule has 2 atom stereocenters. The summed E-state index contributed by atoms with van der Waals surface area (Å²) in [5.41, 5.74) is 17.9. The van der Waals surface area contributed by atoms with E-state index in [-0.39, 0.29) is 12.2 Å². The van der Waals surface area contributed by atoms with Crippen LogP contribution in [-0.4, -0.2) is 0 Å². The van der Waals surface area contributed by atoms with Gasteiger partial charge in [0.25, 0.3) is 0 Å². The Morgan fingerprint density at radius 2 is 0.938 bits per heavy atom. The van der Waals surface area contributed by atoms with Crippen LogP contribution >= 0.6 is 0 Å². The Morgan fingerprint density at radius 1 is 0.391 bits per heavy atom. The van der Waals surface area contributed by atoms with Crippen molar-refractivity contribution in [3.63, 3.8) is 0 Å². The van der Waals surface area contributed by atoms with Crippen LogP contribution in [0.3, 0.4) is 0 Å². The van der Waals surface area contributed by atoms with Crippen LogP contribution in [-0.2, 0) is 5.41 Å². The van der Waals surface area contributed by atoms with Crippen LogP contribution in [0.4, 0.5) is 17.1 Å². The van der Waals surface area contributed by atoms with Crippen LogP contribution in [0, 0.1) is 0 Å². The fraction of sp³-hybridized carbons (Fsp3) is 0.0492. The van der Waals surface area contributed by atoms with Gasteiger partial charge in [-0.05, 0) is 102 Å². The van der Waals surface area contributed by atoms with Gasteiger partial charge >= 0.3 is 0 Å². The Morgan fingerprint density at radius 3 is 1.64 bits per heavy atom. The Labute approximate surface area is 373 Å². The Hall–Kier alpha value is -7.98. The molecule has 3 aliphatic rings. The van der Waals surface area contributed by atoms with Gasteiger partial charge in [0.05, 0.1) is 22.8 Å². The number of benzene rings is 10. The lowest BCUT2D eigenvalue weighted by Gasteiger charge is -2.46. The molecule has 3 nitrogen and oxygen atoms in total. The molecule has 0 saturated carbocycles. The molecule has 13 rings (SSSR count). The van der Waals surface area contributed by atoms with E-state index in [0.29, 0.717) is 0 Å². The van der Waals surface area contributed by atoms with Gasteiger partial charge in [-0.25, -0.2) is 0 Å². The van der Waals surface area contributed by atoms with E-state index in [9.17, 15) is 0 Å². The summed E-state index contributed by atoms with van der Waals surface area (Å²) in [5, 5.41) is 12.7. The maximum atomic E-state index is 3.86. The van der Waals surface area contributed by atoms with E-state index in [1.807, 2.05) is 0 Å². The summed E-state index contributed by atoms with van der Waals surface area (Å²) >= 11 is 0. The summed E-state index contributed by atoms with van der Waals surface area (Å²) in [6.07, 6.45) is 2.29. The van der Waals surface area contributed by atoms with E-state index in [1.54, 1.807) is 0 Å². The third kappa shape index (κ3) is 5.51. The molecule has 302 valence electrons. The summed E-state index contributed by atoms with van der Waals surface area (Å²) in [6, 6.07) is 85.2. The Balaban J connectivity index is 1.02. The van der Waals surface area contributed by atoms with Crippen molar-refractivity contribution in [1.82, 2.24) is 10.6 Å². The average Bonchev–Trinajstić information content (AvgIpc) is 3.66. The lowest BCUT2D eigenvalue weighted by molar-refractivity contribution is 0.442. The number of anilines is 3. The molecule has 2 aliphatic heterocycles. The third-order valence-electron chi connectivity index (χ3n) is 13.9. The quantitative estimate of drug-likeness (QED) is 0.181. The van der Waals surface area contributed by atoms with Gasteiger partial charge in [-0.1, -0.05) is 206 Å². The second-order valence-electron chi connectivity index (χ2n) is 17.3. The first-order valence-electron chi connectivity index (χ1n) is 22.3. The molecule has 2 heterocycles. The largest absolute Gasteiger partial charge is 0.366 e. The van der Waals surface area contributed by atoms with E-state index in [0.717, 1.165) is 16.9 Å². The summed E-state index contributed by atoms with van der Waals surface area (Å²) in [6.45, 7) is 0. The molecule has 0 bridgehead atoms. The van der Waals surface area contributed by atoms with Gasteiger partial charge in [-0.15, -0.1) is 0 Å². The number of hydrogen-bond donors (Lipinski definition) is 2. The first-order valence-corrected chi connectivity index (χ1v) is 22.3. The third-order valence-corrected chi connectivity index (χ3v) is 13.9. The normalized spacial score (nSPS) is 16.7. The van der Waals surface area contributed by atoms with Gasteiger partial charge in [0.2, 0.25) is 0 Å². The molecule has 1 spiro atoms. The molecule has 1 aliphatic carbocycles. The van der Waals surface area contributed by atoms with E-state index < -0.39 is 5.41 Å². The van der Waals surface area contributed by atoms with Gasteiger partial charge in [0.1, 0.15) is 6.17 Å². The van der Waals surface area contributed by atoms with Gasteiger partial charge in [0.15, 0.2) is 0 Å². The highest BCUT2D eigenvalue weighted by atomic mass is 15.2. The van der Waals surface area contributed by atoms with Crippen LogP contribution in [0.2, 0.25) is 0 Å². The zero-order valence-electron chi connectivity index (χ0n) is 35.1. The van der Waals surface area contributed by atoms with Gasteiger partial charge in [0, 0.05) is 22.2 Å². The highest BCUT2D eigenvalue weighted by Gasteiger charge is 2.52. The maximum absolute atomic E-state index is 3.86. The molecule has 0 amide bonds. The highest BCUT2D eigenvalue weighted by Crippen LogP contribution is 2.65. The van der Waals surface area contributed by atoms with Crippen molar-refractivity contribution in [3.8, 4) is 22.3 Å². The number of nitrogens with zero attached hydrogens (tertiary/aromatic N) is 1. The smallest absolute Gasteiger partial charge is 0.104 e. The molecule has 2 N–H and O–H groups in total. The minimum Gasteiger partial charge on any atom is -0.366 e. The maximum Gasteiger partial charge on any atom is 0.104 e. The number of hydrogen-bond acceptors (Lipinski definition) is 3. The molecule has 0 radical (unpaired) electrons. The van der Waals surface area contributed by atoms with Crippen LogP contribution in [0.1, 0.15) is 51.2 Å². The van der Waals surface area contributed by atoms with Crippen molar-refractivity contribution < 1.29 is 0 Å². The van der Waals surface area contributed by atoms with E-state index in [4.69, 9.17) is 0 Å². The van der Waals surface area contributed by atoms with Gasteiger partial charge in [-0.2, -0.15) is 0 Å². The molecule has 0 saturated heterocycles. The molecule has 3 heteroatoms. The van der Waals surface area contributed by atoms with Crippen molar-refractivity contribution in [2.24, 2.45) is 0 Å². The second-order valence-corrected chi connectivity index (χ2v) is 17.3. The summed E-state index contributed by atoms with van der Waals surface area (Å²) in [5.74, 6) is 0. The lowest BCUT2D eigenvalue weighted by Crippen LogP contribution is -2.39. The molecular weight excluding hydrogens is 775 g/mol. The van der Waals surface area contributed by atoms with Crippen molar-refractivity contribution in [2.45, 2.75) is 17.6 Å². The fourth-order valence-corrected chi connectivity index (χ4v) is 11.1. The number of fused-ring (bicyclic) bond motifs is 13. The minimum atomic E-state index is -0.570. The predicted molar refractivity (Wildman–Crippen MR) is 265 cm³/mol. The van der Waals surface area contributed by atoms with Crippen molar-refractivity contribution in [3.05, 3.63) is 276 Å². The fourth-order valence-electron chi connectivity index (χ4n) is 11.1. The van der Waals surface area contributed by atoms with Crippen molar-refractivity contribution >= 4 is 44.3 Å².